The highest BCUT2D eigenvalue weighted by molar-refractivity contribution is 5.77. The molecule has 0 saturated carbocycles. The topological polar surface area (TPSA) is 9.49 Å². The van der Waals surface area contributed by atoms with E-state index < -0.39 is 0 Å². The lowest BCUT2D eigenvalue weighted by Gasteiger charge is -2.27. The van der Waals surface area contributed by atoms with E-state index in [1.807, 2.05) is 0 Å². The number of nitrogens with zero attached hydrogens (tertiary/aromatic N) is 3. The molecule has 4 heteroatoms. The van der Waals surface area contributed by atoms with Crippen molar-refractivity contribution >= 4 is 5.96 Å². The van der Waals surface area contributed by atoms with Crippen molar-refractivity contribution < 1.29 is 17.0 Å². The number of guanidine groups is 1. The van der Waals surface area contributed by atoms with E-state index in [4.69, 9.17) is 0 Å². The summed E-state index contributed by atoms with van der Waals surface area (Å²) >= 11 is 0. The Kier molecular flexibility index (Phi) is 6.84. The monoisotopic (exact) mass is 419 g/mol. The van der Waals surface area contributed by atoms with Crippen molar-refractivity contribution in [1.29, 1.82) is 0 Å². The smallest absolute Gasteiger partial charge is 0.351 e. The number of hydrogen-bond donors (Lipinski definition) is 0. The second-order valence-electron chi connectivity index (χ2n) is 7.93. The minimum atomic E-state index is 0. The molecule has 156 valence electrons. The van der Waals surface area contributed by atoms with Gasteiger partial charge in [0.05, 0.1) is 27.2 Å². The molecule has 3 nitrogen and oxygen atoms in total. The van der Waals surface area contributed by atoms with Crippen LogP contribution in [0, 0.1) is 0 Å². The molecule has 0 bridgehead atoms. The van der Waals surface area contributed by atoms with Crippen LogP contribution >= 0.6 is 0 Å². The summed E-state index contributed by atoms with van der Waals surface area (Å²) in [5, 5.41) is 0. The van der Waals surface area contributed by atoms with Gasteiger partial charge in [-0.25, -0.2) is 0 Å². The SMILES string of the molecule is C[C@H](c1ccccc1)N(C)C1=[N+](C)[C@@H](c2ccccc2)[C@H](c2ccccc2)N1C.[Cl-]. The molecule has 3 aromatic rings. The molecule has 30 heavy (non-hydrogen) atoms. The van der Waals surface area contributed by atoms with Gasteiger partial charge in [0, 0.05) is 0 Å². The highest BCUT2D eigenvalue weighted by atomic mass is 35.5. The molecule has 0 radical (unpaired) electrons. The first-order chi connectivity index (χ1) is 14.1. The molecule has 0 unspecified atom stereocenters. The molecular weight excluding hydrogens is 390 g/mol. The predicted octanol–water partition coefficient (Wildman–Crippen LogP) is 2.11. The van der Waals surface area contributed by atoms with Gasteiger partial charge in [0.25, 0.3) is 0 Å². The van der Waals surface area contributed by atoms with Crippen LogP contribution in [-0.4, -0.2) is 41.5 Å². The first-order valence-corrected chi connectivity index (χ1v) is 10.3. The second-order valence-corrected chi connectivity index (χ2v) is 7.93. The van der Waals surface area contributed by atoms with Crippen molar-refractivity contribution in [3.63, 3.8) is 0 Å². The lowest BCUT2D eigenvalue weighted by atomic mass is 9.93. The fourth-order valence-corrected chi connectivity index (χ4v) is 4.66. The van der Waals surface area contributed by atoms with Gasteiger partial charge in [-0.15, -0.1) is 0 Å². The summed E-state index contributed by atoms with van der Waals surface area (Å²) in [6, 6.07) is 33.2. The molecule has 0 spiro atoms. The van der Waals surface area contributed by atoms with Crippen molar-refractivity contribution in [2.45, 2.75) is 25.0 Å². The van der Waals surface area contributed by atoms with Gasteiger partial charge in [-0.2, -0.15) is 0 Å². The average molecular weight is 420 g/mol. The first kappa shape index (κ1) is 21.9. The Hall–Kier alpha value is -2.78. The molecule has 1 aliphatic heterocycles. The van der Waals surface area contributed by atoms with Crippen LogP contribution in [0.3, 0.4) is 0 Å². The van der Waals surface area contributed by atoms with Crippen LogP contribution in [0.4, 0.5) is 0 Å². The van der Waals surface area contributed by atoms with Crippen LogP contribution in [-0.2, 0) is 0 Å². The minimum Gasteiger partial charge on any atom is -1.00 e. The first-order valence-electron chi connectivity index (χ1n) is 10.3. The van der Waals surface area contributed by atoms with Gasteiger partial charge in [-0.1, -0.05) is 91.0 Å². The quantitative estimate of drug-likeness (QED) is 0.599. The molecule has 3 aromatic carbocycles. The molecule has 0 saturated heterocycles. The molecule has 0 N–H and O–H groups in total. The maximum atomic E-state index is 2.44. The van der Waals surface area contributed by atoms with Crippen molar-refractivity contribution in [3.8, 4) is 0 Å². The maximum Gasteiger partial charge on any atom is 0.351 e. The Balaban J connectivity index is 0.00000256. The molecule has 1 aliphatic rings. The summed E-state index contributed by atoms with van der Waals surface area (Å²) in [5.74, 6) is 1.24. The van der Waals surface area contributed by atoms with Crippen LogP contribution in [0.2, 0.25) is 0 Å². The van der Waals surface area contributed by atoms with Gasteiger partial charge in [0.15, 0.2) is 0 Å². The van der Waals surface area contributed by atoms with Crippen molar-refractivity contribution in [1.82, 2.24) is 9.80 Å². The number of halogens is 1. The Labute approximate surface area is 186 Å². The largest absolute Gasteiger partial charge is 1.00 e. The Morgan fingerprint density at radius 1 is 0.800 bits per heavy atom. The Bertz CT molecular complexity index is 973. The molecule has 0 fully saturated rings. The van der Waals surface area contributed by atoms with E-state index in [0.717, 1.165) is 0 Å². The van der Waals surface area contributed by atoms with Crippen LogP contribution in [0.15, 0.2) is 91.0 Å². The summed E-state index contributed by atoms with van der Waals surface area (Å²) in [7, 11) is 6.65. The Morgan fingerprint density at radius 2 is 1.27 bits per heavy atom. The van der Waals surface area contributed by atoms with Gasteiger partial charge >= 0.3 is 5.96 Å². The molecule has 1 heterocycles. The highest BCUT2D eigenvalue weighted by Gasteiger charge is 2.47. The van der Waals surface area contributed by atoms with Gasteiger partial charge in [-0.05, 0) is 23.6 Å². The standard InChI is InChI=1S/C26H30N3.ClH/c1-20(21-14-8-5-9-15-21)27(2)26-28(3)24(22-16-10-6-11-17-22)25(29(26)4)23-18-12-7-13-19-23;/h5-20,24-25H,1-4H3;1H/q+1;/p-1/t20-,24+,25+;/m1./s1. The number of rotatable bonds is 4. The van der Waals surface area contributed by atoms with E-state index in [9.17, 15) is 0 Å². The molecular formula is C26H30ClN3. The molecule has 3 atom stereocenters. The third-order valence-corrected chi connectivity index (χ3v) is 6.23. The summed E-state index contributed by atoms with van der Waals surface area (Å²) < 4.78 is 2.44. The van der Waals surface area contributed by atoms with Crippen LogP contribution in [0.5, 0.6) is 0 Å². The lowest BCUT2D eigenvalue weighted by Crippen LogP contribution is -3.00. The number of hydrogen-bond acceptors (Lipinski definition) is 2. The van der Waals surface area contributed by atoms with E-state index in [1.54, 1.807) is 0 Å². The predicted molar refractivity (Wildman–Crippen MR) is 120 cm³/mol. The summed E-state index contributed by atoms with van der Waals surface area (Å²) in [5.41, 5.74) is 4.00. The molecule has 0 aromatic heterocycles. The molecule has 0 aliphatic carbocycles. The zero-order valence-electron chi connectivity index (χ0n) is 18.1. The fourth-order valence-electron chi connectivity index (χ4n) is 4.66. The van der Waals surface area contributed by atoms with E-state index in [0.29, 0.717) is 0 Å². The van der Waals surface area contributed by atoms with Gasteiger partial charge in [-0.3, -0.25) is 14.4 Å². The van der Waals surface area contributed by atoms with Crippen molar-refractivity contribution in [3.05, 3.63) is 108 Å². The summed E-state index contributed by atoms with van der Waals surface area (Å²) in [6.45, 7) is 2.28. The van der Waals surface area contributed by atoms with E-state index >= 15 is 0 Å². The fraction of sp³-hybridized carbons (Fsp3) is 0.269. The Morgan fingerprint density at radius 3 is 1.80 bits per heavy atom. The van der Waals surface area contributed by atoms with Gasteiger partial charge in [0.2, 0.25) is 0 Å². The number of likely N-dealkylation sites (N-methyl/N-ethyl adjacent to an activating group) is 2. The molecule has 0 amide bonds. The minimum absolute atomic E-state index is 0. The van der Waals surface area contributed by atoms with Gasteiger partial charge < -0.3 is 12.4 Å². The van der Waals surface area contributed by atoms with Crippen LogP contribution in [0.25, 0.3) is 0 Å². The van der Waals surface area contributed by atoms with E-state index in [1.165, 1.54) is 22.6 Å². The maximum absolute atomic E-state index is 2.44. The third-order valence-electron chi connectivity index (χ3n) is 6.23. The van der Waals surface area contributed by atoms with E-state index in [2.05, 4.69) is 133 Å². The highest BCUT2D eigenvalue weighted by Crippen LogP contribution is 2.41. The van der Waals surface area contributed by atoms with Gasteiger partial charge in [0.1, 0.15) is 12.1 Å². The van der Waals surface area contributed by atoms with Crippen LogP contribution < -0.4 is 12.4 Å². The van der Waals surface area contributed by atoms with Crippen LogP contribution in [0.1, 0.15) is 41.7 Å². The zero-order chi connectivity index (χ0) is 20.4. The molecule has 4 rings (SSSR count). The third kappa shape index (κ3) is 3.95. The summed E-state index contributed by atoms with van der Waals surface area (Å²) in [6.07, 6.45) is 0. The number of benzene rings is 3. The second kappa shape index (κ2) is 9.36. The van der Waals surface area contributed by atoms with Crippen molar-refractivity contribution in [2.75, 3.05) is 21.1 Å². The van der Waals surface area contributed by atoms with Crippen molar-refractivity contribution in [2.24, 2.45) is 0 Å². The summed E-state index contributed by atoms with van der Waals surface area (Å²) in [4.78, 5) is 4.83. The van der Waals surface area contributed by atoms with E-state index in [-0.39, 0.29) is 30.5 Å². The average Bonchev–Trinajstić information content (AvgIpc) is 3.04. The lowest BCUT2D eigenvalue weighted by molar-refractivity contribution is -0.543. The zero-order valence-corrected chi connectivity index (χ0v) is 18.9. The normalized spacial score (nSPS) is 19.4.